The number of ether oxygens (including phenoxy) is 1. The maximum absolute atomic E-state index is 5.67. The largest absolute Gasteiger partial charge is 0.495 e. The fourth-order valence-corrected chi connectivity index (χ4v) is 1.12. The molecular weight excluding hydrogens is 182 g/mol. The van der Waals surface area contributed by atoms with Gasteiger partial charge in [0, 0.05) is 6.07 Å². The van der Waals surface area contributed by atoms with E-state index in [2.05, 4.69) is 15.5 Å². The van der Waals surface area contributed by atoms with E-state index >= 15 is 0 Å². The van der Waals surface area contributed by atoms with Gasteiger partial charge in [0.25, 0.3) is 0 Å². The van der Waals surface area contributed by atoms with Crippen molar-refractivity contribution >= 4 is 5.69 Å². The fraction of sp³-hybridized carbons (Fsp3) is 0.125. The number of hydrogen-bond acceptors (Lipinski definition) is 5. The van der Waals surface area contributed by atoms with Crippen LogP contribution in [0.25, 0.3) is 5.69 Å². The zero-order valence-electron chi connectivity index (χ0n) is 7.58. The number of nitrogens with two attached hydrogens (primary N) is 1. The molecule has 2 N–H and O–H groups in total. The Kier molecular flexibility index (Phi) is 2.02. The van der Waals surface area contributed by atoms with Gasteiger partial charge >= 0.3 is 0 Å². The quantitative estimate of drug-likeness (QED) is 0.688. The molecule has 0 unspecified atom stereocenters. The van der Waals surface area contributed by atoms with Crippen LogP contribution in [0, 0.1) is 0 Å². The number of rotatable bonds is 2. The van der Waals surface area contributed by atoms with Gasteiger partial charge in [0.15, 0.2) is 0 Å². The number of benzene rings is 1. The molecule has 2 rings (SSSR count). The van der Waals surface area contributed by atoms with E-state index in [0.29, 0.717) is 11.4 Å². The van der Waals surface area contributed by atoms with Crippen LogP contribution >= 0.6 is 0 Å². The first-order valence-electron chi connectivity index (χ1n) is 3.98. The van der Waals surface area contributed by atoms with Crippen LogP contribution < -0.4 is 10.5 Å². The molecule has 0 amide bonds. The highest BCUT2D eigenvalue weighted by molar-refractivity contribution is 5.57. The molecule has 14 heavy (non-hydrogen) atoms. The molecule has 0 aliphatic carbocycles. The van der Waals surface area contributed by atoms with Crippen molar-refractivity contribution in [2.24, 2.45) is 0 Å². The third-order valence-electron chi connectivity index (χ3n) is 1.83. The van der Waals surface area contributed by atoms with Gasteiger partial charge in [0.2, 0.25) is 0 Å². The lowest BCUT2D eigenvalue weighted by Gasteiger charge is -2.05. The summed E-state index contributed by atoms with van der Waals surface area (Å²) >= 11 is 0. The Hall–Kier alpha value is -2.11. The molecule has 0 bridgehead atoms. The number of nitrogens with zero attached hydrogens (tertiary/aromatic N) is 4. The fourth-order valence-electron chi connectivity index (χ4n) is 1.12. The van der Waals surface area contributed by atoms with Crippen LogP contribution in [-0.2, 0) is 0 Å². The Morgan fingerprint density at radius 2 is 2.29 bits per heavy atom. The van der Waals surface area contributed by atoms with Gasteiger partial charge in [-0.05, 0) is 22.6 Å². The Morgan fingerprint density at radius 3 is 2.93 bits per heavy atom. The zero-order chi connectivity index (χ0) is 9.97. The molecule has 0 fully saturated rings. The molecule has 6 nitrogen and oxygen atoms in total. The summed E-state index contributed by atoms with van der Waals surface area (Å²) < 4.78 is 6.61. The van der Waals surface area contributed by atoms with Crippen LogP contribution in [0.4, 0.5) is 5.69 Å². The number of hydrogen-bond donors (Lipinski definition) is 1. The van der Waals surface area contributed by atoms with Gasteiger partial charge in [-0.25, -0.2) is 4.68 Å². The van der Waals surface area contributed by atoms with E-state index in [1.54, 1.807) is 19.2 Å². The van der Waals surface area contributed by atoms with Gasteiger partial charge < -0.3 is 10.5 Å². The first-order valence-corrected chi connectivity index (χ1v) is 3.98. The molecule has 0 aliphatic rings. The first-order chi connectivity index (χ1) is 6.81. The minimum absolute atomic E-state index is 0.587. The van der Waals surface area contributed by atoms with E-state index in [9.17, 15) is 0 Å². The highest BCUT2D eigenvalue weighted by Crippen LogP contribution is 2.23. The van der Waals surface area contributed by atoms with Gasteiger partial charge in [0.05, 0.1) is 18.5 Å². The van der Waals surface area contributed by atoms with E-state index in [-0.39, 0.29) is 0 Å². The number of tetrazole rings is 1. The van der Waals surface area contributed by atoms with Crippen molar-refractivity contribution < 1.29 is 4.74 Å². The van der Waals surface area contributed by atoms with Crippen molar-refractivity contribution in [2.75, 3.05) is 12.8 Å². The second-order valence-corrected chi connectivity index (χ2v) is 2.68. The molecule has 0 radical (unpaired) electrons. The lowest BCUT2D eigenvalue weighted by atomic mass is 10.2. The molecule has 0 atom stereocenters. The molecule has 1 aromatic heterocycles. The van der Waals surface area contributed by atoms with Gasteiger partial charge in [-0.15, -0.1) is 5.10 Å². The van der Waals surface area contributed by atoms with Crippen molar-refractivity contribution in [1.82, 2.24) is 20.2 Å². The summed E-state index contributed by atoms with van der Waals surface area (Å²) in [4.78, 5) is 0. The summed E-state index contributed by atoms with van der Waals surface area (Å²) in [5.41, 5.74) is 7.06. The second kappa shape index (κ2) is 3.33. The molecule has 0 aliphatic heterocycles. The smallest absolute Gasteiger partial charge is 0.143 e. The van der Waals surface area contributed by atoms with Crippen molar-refractivity contribution in [2.45, 2.75) is 0 Å². The minimum Gasteiger partial charge on any atom is -0.495 e. The molecule has 0 saturated carbocycles. The second-order valence-electron chi connectivity index (χ2n) is 2.68. The number of nitrogen functional groups attached to an aromatic ring is 1. The third kappa shape index (κ3) is 1.37. The minimum atomic E-state index is 0.587. The molecular formula is C8H9N5O. The van der Waals surface area contributed by atoms with Gasteiger partial charge in [-0.2, -0.15) is 0 Å². The van der Waals surface area contributed by atoms with E-state index < -0.39 is 0 Å². The summed E-state index contributed by atoms with van der Waals surface area (Å²) in [6.07, 6.45) is 1.50. The molecule has 72 valence electrons. The summed E-state index contributed by atoms with van der Waals surface area (Å²) in [7, 11) is 1.56. The van der Waals surface area contributed by atoms with Crippen LogP contribution in [0.15, 0.2) is 24.5 Å². The van der Waals surface area contributed by atoms with E-state index in [0.717, 1.165) is 5.69 Å². The molecule has 1 heterocycles. The maximum atomic E-state index is 5.67. The Balaban J connectivity index is 2.46. The monoisotopic (exact) mass is 191 g/mol. The van der Waals surface area contributed by atoms with E-state index in [1.165, 1.54) is 11.0 Å². The van der Waals surface area contributed by atoms with Crippen LogP contribution in [0.2, 0.25) is 0 Å². The molecule has 2 aromatic rings. The normalized spacial score (nSPS) is 10.1. The summed E-state index contributed by atoms with van der Waals surface area (Å²) in [6.45, 7) is 0. The predicted molar refractivity (Wildman–Crippen MR) is 50.1 cm³/mol. The lowest BCUT2D eigenvalue weighted by Crippen LogP contribution is -1.98. The SMILES string of the molecule is COc1cc(-n2cnnn2)ccc1N. The standard InChI is InChI=1S/C8H9N5O/c1-14-8-4-6(2-3-7(8)9)13-5-10-11-12-13/h2-5H,9H2,1H3. The number of aromatic nitrogens is 4. The van der Waals surface area contributed by atoms with Crippen molar-refractivity contribution in [3.05, 3.63) is 24.5 Å². The zero-order valence-corrected chi connectivity index (χ0v) is 7.58. The van der Waals surface area contributed by atoms with Gasteiger partial charge in [-0.3, -0.25) is 0 Å². The predicted octanol–water partition coefficient (Wildman–Crippen LogP) is 0.253. The van der Waals surface area contributed by atoms with Crippen LogP contribution in [0.3, 0.4) is 0 Å². The van der Waals surface area contributed by atoms with E-state index in [4.69, 9.17) is 10.5 Å². The van der Waals surface area contributed by atoms with Crippen LogP contribution in [-0.4, -0.2) is 27.3 Å². The van der Waals surface area contributed by atoms with Crippen LogP contribution in [0.1, 0.15) is 0 Å². The maximum Gasteiger partial charge on any atom is 0.143 e. The van der Waals surface area contributed by atoms with Crippen LogP contribution in [0.5, 0.6) is 5.75 Å². The highest BCUT2D eigenvalue weighted by Gasteiger charge is 2.02. The van der Waals surface area contributed by atoms with Crippen molar-refractivity contribution in [1.29, 1.82) is 0 Å². The molecule has 6 heteroatoms. The summed E-state index contributed by atoms with van der Waals surface area (Å²) in [5.74, 6) is 0.609. The Labute approximate surface area is 80.3 Å². The van der Waals surface area contributed by atoms with Gasteiger partial charge in [0.1, 0.15) is 12.1 Å². The Morgan fingerprint density at radius 1 is 1.43 bits per heavy atom. The Bertz CT molecular complexity index is 425. The molecule has 0 spiro atoms. The number of anilines is 1. The van der Waals surface area contributed by atoms with Crippen molar-refractivity contribution in [3.8, 4) is 11.4 Å². The molecule has 1 aromatic carbocycles. The lowest BCUT2D eigenvalue weighted by molar-refractivity contribution is 0.416. The third-order valence-corrected chi connectivity index (χ3v) is 1.83. The average Bonchev–Trinajstić information content (AvgIpc) is 2.71. The summed E-state index contributed by atoms with van der Waals surface area (Å²) in [5, 5.41) is 10.8. The first kappa shape index (κ1) is 8.49. The summed E-state index contributed by atoms with van der Waals surface area (Å²) in [6, 6.07) is 5.33. The average molecular weight is 191 g/mol. The number of methoxy groups -OCH3 is 1. The van der Waals surface area contributed by atoms with E-state index in [1.807, 2.05) is 6.07 Å². The highest BCUT2D eigenvalue weighted by atomic mass is 16.5. The van der Waals surface area contributed by atoms with Gasteiger partial charge in [-0.1, -0.05) is 0 Å². The molecule has 0 saturated heterocycles. The van der Waals surface area contributed by atoms with Crippen molar-refractivity contribution in [3.63, 3.8) is 0 Å². The topological polar surface area (TPSA) is 78.8 Å².